The number of nitrogens with zero attached hydrogens (tertiary/aromatic N) is 2. The SMILES string of the molecule is CN1CCN(S(=O)(=O)c2ccc(NC(=O)COc3ccc(S(=O)(=O)Nc4ccccc4)cc3Cl)cc2)CC1. The largest absolute Gasteiger partial charge is 0.482 e. The van der Waals surface area contributed by atoms with Crippen LogP contribution in [0, 0.1) is 0 Å². The minimum atomic E-state index is -3.87. The summed E-state index contributed by atoms with van der Waals surface area (Å²) in [4.78, 5) is 14.5. The number of anilines is 2. The van der Waals surface area contributed by atoms with Gasteiger partial charge in [0.15, 0.2) is 6.61 Å². The Kier molecular flexibility index (Phi) is 8.58. The Balaban J connectivity index is 1.33. The number of halogens is 1. The van der Waals surface area contributed by atoms with E-state index >= 15 is 0 Å². The zero-order valence-electron chi connectivity index (χ0n) is 20.5. The number of ether oxygens (including phenoxy) is 1. The maximum atomic E-state index is 12.8. The van der Waals surface area contributed by atoms with Gasteiger partial charge < -0.3 is 15.0 Å². The number of para-hydroxylation sites is 1. The molecule has 3 aromatic rings. The van der Waals surface area contributed by atoms with Crippen LogP contribution in [0.3, 0.4) is 0 Å². The molecule has 38 heavy (non-hydrogen) atoms. The Morgan fingerprint density at radius 1 is 0.868 bits per heavy atom. The highest BCUT2D eigenvalue weighted by Gasteiger charge is 2.27. The molecule has 1 amide bonds. The number of benzene rings is 3. The number of amides is 1. The van der Waals surface area contributed by atoms with Crippen molar-refractivity contribution in [2.45, 2.75) is 9.79 Å². The third-order valence-electron chi connectivity index (χ3n) is 5.84. The standard InChI is InChI=1S/C25H27ClN4O6S2/c1-29-13-15-30(16-14-29)38(34,35)21-9-7-19(8-10-21)27-25(31)18-36-24-12-11-22(17-23(24)26)37(32,33)28-20-5-3-2-4-6-20/h2-12,17,28H,13-16,18H2,1H3,(H,27,31). The monoisotopic (exact) mass is 578 g/mol. The van der Waals surface area contributed by atoms with Crippen LogP contribution in [0.5, 0.6) is 5.75 Å². The van der Waals surface area contributed by atoms with Gasteiger partial charge in [-0.25, -0.2) is 16.8 Å². The molecule has 0 unspecified atom stereocenters. The zero-order chi connectivity index (χ0) is 27.3. The van der Waals surface area contributed by atoms with Gasteiger partial charge in [0.1, 0.15) is 5.75 Å². The molecule has 0 spiro atoms. The molecule has 2 N–H and O–H groups in total. The van der Waals surface area contributed by atoms with Crippen molar-refractivity contribution in [3.8, 4) is 5.75 Å². The van der Waals surface area contributed by atoms with Gasteiger partial charge in [0.2, 0.25) is 10.0 Å². The molecule has 202 valence electrons. The molecule has 3 aromatic carbocycles. The lowest BCUT2D eigenvalue weighted by atomic mass is 10.3. The van der Waals surface area contributed by atoms with Gasteiger partial charge in [0.25, 0.3) is 15.9 Å². The number of rotatable bonds is 9. The molecular formula is C25H27ClN4O6S2. The van der Waals surface area contributed by atoms with Gasteiger partial charge in [-0.3, -0.25) is 9.52 Å². The lowest BCUT2D eigenvalue weighted by Gasteiger charge is -2.31. The first-order valence-electron chi connectivity index (χ1n) is 11.6. The number of hydrogen-bond acceptors (Lipinski definition) is 7. The molecule has 10 nitrogen and oxygen atoms in total. The van der Waals surface area contributed by atoms with Crippen molar-refractivity contribution in [1.29, 1.82) is 0 Å². The Bertz CT molecular complexity index is 1490. The van der Waals surface area contributed by atoms with Crippen molar-refractivity contribution < 1.29 is 26.4 Å². The summed E-state index contributed by atoms with van der Waals surface area (Å²) >= 11 is 6.20. The van der Waals surface area contributed by atoms with Crippen LogP contribution in [-0.2, 0) is 24.8 Å². The first-order chi connectivity index (χ1) is 18.0. The summed E-state index contributed by atoms with van der Waals surface area (Å²) in [5.74, 6) is -0.368. The Morgan fingerprint density at radius 2 is 1.50 bits per heavy atom. The van der Waals surface area contributed by atoms with Crippen molar-refractivity contribution >= 4 is 48.9 Å². The van der Waals surface area contributed by atoms with E-state index in [1.54, 1.807) is 30.3 Å². The van der Waals surface area contributed by atoms with Gasteiger partial charge in [-0.15, -0.1) is 0 Å². The Morgan fingerprint density at radius 3 is 2.13 bits per heavy atom. The van der Waals surface area contributed by atoms with Gasteiger partial charge in [0.05, 0.1) is 14.8 Å². The predicted octanol–water partition coefficient (Wildman–Crippen LogP) is 3.09. The Hall–Kier alpha value is -3.16. The molecule has 0 atom stereocenters. The lowest BCUT2D eigenvalue weighted by molar-refractivity contribution is -0.118. The number of sulfonamides is 2. The molecule has 1 aliphatic heterocycles. The van der Waals surface area contributed by atoms with Crippen LogP contribution < -0.4 is 14.8 Å². The minimum Gasteiger partial charge on any atom is -0.482 e. The van der Waals surface area contributed by atoms with E-state index in [0.29, 0.717) is 37.6 Å². The highest BCUT2D eigenvalue weighted by atomic mass is 35.5. The minimum absolute atomic E-state index is 0.0206. The molecule has 0 saturated carbocycles. The van der Waals surface area contributed by atoms with Gasteiger partial charge in [0, 0.05) is 37.6 Å². The quantitative estimate of drug-likeness (QED) is 0.400. The second kappa shape index (κ2) is 11.7. The fourth-order valence-electron chi connectivity index (χ4n) is 3.71. The second-order valence-corrected chi connectivity index (χ2v) is 12.7. The fourth-order valence-corrected chi connectivity index (χ4v) is 6.52. The van der Waals surface area contributed by atoms with Crippen molar-refractivity contribution in [2.75, 3.05) is 49.9 Å². The molecule has 4 rings (SSSR count). The summed E-state index contributed by atoms with van der Waals surface area (Å²) in [5, 5.41) is 2.65. The number of piperazine rings is 1. The molecule has 13 heteroatoms. The van der Waals surface area contributed by atoms with E-state index in [4.69, 9.17) is 16.3 Å². The van der Waals surface area contributed by atoms with Crippen LogP contribution in [0.15, 0.2) is 82.6 Å². The highest BCUT2D eigenvalue weighted by Crippen LogP contribution is 2.28. The van der Waals surface area contributed by atoms with Crippen LogP contribution in [0.1, 0.15) is 0 Å². The molecular weight excluding hydrogens is 552 g/mol. The smallest absolute Gasteiger partial charge is 0.262 e. The van der Waals surface area contributed by atoms with E-state index < -0.39 is 32.6 Å². The van der Waals surface area contributed by atoms with E-state index in [9.17, 15) is 21.6 Å². The maximum absolute atomic E-state index is 12.8. The molecule has 0 radical (unpaired) electrons. The number of carbonyl (C=O) groups is 1. The first-order valence-corrected chi connectivity index (χ1v) is 14.9. The molecule has 1 fully saturated rings. The van der Waals surface area contributed by atoms with Gasteiger partial charge in [-0.05, 0) is 61.6 Å². The Labute approximate surface area is 227 Å². The van der Waals surface area contributed by atoms with Gasteiger partial charge >= 0.3 is 0 Å². The molecule has 0 bridgehead atoms. The number of likely N-dealkylation sites (N-methyl/N-ethyl adjacent to an activating group) is 1. The summed E-state index contributed by atoms with van der Waals surface area (Å²) in [6.45, 7) is 1.79. The van der Waals surface area contributed by atoms with E-state index in [1.165, 1.54) is 46.8 Å². The van der Waals surface area contributed by atoms with Crippen LogP contribution in [0.25, 0.3) is 0 Å². The molecule has 1 aliphatic rings. The fraction of sp³-hybridized carbons (Fsp3) is 0.240. The summed E-state index contributed by atoms with van der Waals surface area (Å²) < 4.78 is 60.3. The average molecular weight is 579 g/mol. The predicted molar refractivity (Wildman–Crippen MR) is 146 cm³/mol. The molecule has 1 heterocycles. The van der Waals surface area contributed by atoms with Gasteiger partial charge in [-0.2, -0.15) is 4.31 Å². The summed E-state index contributed by atoms with van der Waals surface area (Å²) in [7, 11) is -5.52. The van der Waals surface area contributed by atoms with Crippen LogP contribution in [-0.4, -0.2) is 71.8 Å². The van der Waals surface area contributed by atoms with E-state index in [2.05, 4.69) is 14.9 Å². The second-order valence-electron chi connectivity index (χ2n) is 8.63. The summed E-state index contributed by atoms with van der Waals surface area (Å²) in [5.41, 5.74) is 0.807. The molecule has 1 saturated heterocycles. The molecule has 0 aromatic heterocycles. The summed E-state index contributed by atoms with van der Waals surface area (Å²) in [6.07, 6.45) is 0. The highest BCUT2D eigenvalue weighted by molar-refractivity contribution is 7.92. The zero-order valence-corrected chi connectivity index (χ0v) is 22.9. The lowest BCUT2D eigenvalue weighted by Crippen LogP contribution is -2.46. The van der Waals surface area contributed by atoms with Crippen molar-refractivity contribution in [3.05, 3.63) is 77.8 Å². The third-order valence-corrected chi connectivity index (χ3v) is 9.42. The van der Waals surface area contributed by atoms with Crippen LogP contribution in [0.4, 0.5) is 11.4 Å². The van der Waals surface area contributed by atoms with E-state index in [0.717, 1.165) is 0 Å². The van der Waals surface area contributed by atoms with Crippen molar-refractivity contribution in [1.82, 2.24) is 9.21 Å². The maximum Gasteiger partial charge on any atom is 0.262 e. The summed E-state index contributed by atoms with van der Waals surface area (Å²) in [6, 6.07) is 18.3. The average Bonchev–Trinajstić information content (AvgIpc) is 2.89. The number of hydrogen-bond donors (Lipinski definition) is 2. The topological polar surface area (TPSA) is 125 Å². The molecule has 0 aliphatic carbocycles. The van der Waals surface area contributed by atoms with E-state index in [1.807, 2.05) is 7.05 Å². The third kappa shape index (κ3) is 6.83. The van der Waals surface area contributed by atoms with Gasteiger partial charge in [-0.1, -0.05) is 29.8 Å². The van der Waals surface area contributed by atoms with Crippen molar-refractivity contribution in [2.24, 2.45) is 0 Å². The number of carbonyl (C=O) groups excluding carboxylic acids is 1. The van der Waals surface area contributed by atoms with Crippen LogP contribution in [0.2, 0.25) is 5.02 Å². The van der Waals surface area contributed by atoms with E-state index in [-0.39, 0.29) is 20.6 Å². The first kappa shape index (κ1) is 27.9. The van der Waals surface area contributed by atoms with Crippen LogP contribution >= 0.6 is 11.6 Å². The van der Waals surface area contributed by atoms with Crippen molar-refractivity contribution in [3.63, 3.8) is 0 Å². The normalized spacial score (nSPS) is 15.1. The number of nitrogens with one attached hydrogen (secondary N) is 2.